The van der Waals surface area contributed by atoms with Crippen LogP contribution in [0.2, 0.25) is 0 Å². The molecule has 0 heterocycles. The van der Waals surface area contributed by atoms with Crippen molar-refractivity contribution in [3.05, 3.63) is 72.8 Å². The lowest BCUT2D eigenvalue weighted by molar-refractivity contribution is -0.137. The summed E-state index contributed by atoms with van der Waals surface area (Å²) in [6, 6.07) is 17.8. The van der Waals surface area contributed by atoms with Gasteiger partial charge in [-0.1, -0.05) is 36.9 Å². The molecule has 0 radical (unpaired) electrons. The highest BCUT2D eigenvalue weighted by Crippen LogP contribution is 2.18. The van der Waals surface area contributed by atoms with Gasteiger partial charge in [-0.3, -0.25) is 4.99 Å². The van der Waals surface area contributed by atoms with Gasteiger partial charge in [0, 0.05) is 12.3 Å². The van der Waals surface area contributed by atoms with Gasteiger partial charge in [0.05, 0.1) is 18.9 Å². The first-order chi connectivity index (χ1) is 12.8. The number of carbonyl (C=O) groups excluding carboxylic acids is 1. The number of aliphatic imine (C=N–C) groups is 1. The van der Waals surface area contributed by atoms with Gasteiger partial charge in [-0.15, -0.1) is 0 Å². The van der Waals surface area contributed by atoms with E-state index in [1.807, 2.05) is 60.8 Å². The number of benzene rings is 2. The van der Waals surface area contributed by atoms with Gasteiger partial charge >= 0.3 is 5.97 Å². The van der Waals surface area contributed by atoms with E-state index in [1.54, 1.807) is 0 Å². The predicted octanol–water partition coefficient (Wildman–Crippen LogP) is 5.11. The maximum atomic E-state index is 10.9. The topological polar surface area (TPSA) is 47.9 Å². The van der Waals surface area contributed by atoms with Crippen LogP contribution < -0.4 is 4.74 Å². The second kappa shape index (κ2) is 11.6. The monoisotopic (exact) mass is 351 g/mol. The third kappa shape index (κ3) is 7.79. The van der Waals surface area contributed by atoms with E-state index in [2.05, 4.69) is 11.6 Å². The Balaban J connectivity index is 1.60. The third-order valence-electron chi connectivity index (χ3n) is 3.72. The number of hydrogen-bond donors (Lipinski definition) is 0. The Kier molecular flexibility index (Phi) is 8.70. The highest BCUT2D eigenvalue weighted by molar-refractivity contribution is 5.82. The fraction of sp³-hybridized carbons (Fsp3) is 0.273. The molecular formula is C22H25NO3. The van der Waals surface area contributed by atoms with Crippen molar-refractivity contribution in [1.82, 2.24) is 0 Å². The normalized spacial score (nSPS) is 10.6. The predicted molar refractivity (Wildman–Crippen MR) is 105 cm³/mol. The second-order valence-electron chi connectivity index (χ2n) is 5.80. The smallest absolute Gasteiger partial charge is 0.330 e. The van der Waals surface area contributed by atoms with E-state index in [9.17, 15) is 4.79 Å². The van der Waals surface area contributed by atoms with Crippen LogP contribution in [0.5, 0.6) is 5.75 Å². The molecule has 0 saturated carbocycles. The van der Waals surface area contributed by atoms with Crippen molar-refractivity contribution >= 4 is 17.9 Å². The van der Waals surface area contributed by atoms with Gasteiger partial charge in [0.2, 0.25) is 0 Å². The lowest BCUT2D eigenvalue weighted by Crippen LogP contribution is -2.02. The molecule has 2 aromatic rings. The maximum Gasteiger partial charge on any atom is 0.330 e. The van der Waals surface area contributed by atoms with Crippen LogP contribution in [-0.4, -0.2) is 25.4 Å². The number of carbonyl (C=O) groups is 1. The first-order valence-corrected chi connectivity index (χ1v) is 8.89. The lowest BCUT2D eigenvalue weighted by atomic mass is 10.2. The number of ether oxygens (including phenoxy) is 2. The molecule has 0 aliphatic carbocycles. The van der Waals surface area contributed by atoms with Gasteiger partial charge in [-0.05, 0) is 55.5 Å². The molecule has 0 aliphatic rings. The summed E-state index contributed by atoms with van der Waals surface area (Å²) in [5, 5.41) is 0. The summed E-state index contributed by atoms with van der Waals surface area (Å²) in [6.07, 6.45) is 6.94. The summed E-state index contributed by atoms with van der Waals surface area (Å²) in [6.45, 7) is 4.49. The van der Waals surface area contributed by atoms with Crippen molar-refractivity contribution in [2.24, 2.45) is 4.99 Å². The molecule has 4 heteroatoms. The number of hydrogen-bond acceptors (Lipinski definition) is 4. The highest BCUT2D eigenvalue weighted by atomic mass is 16.5. The minimum absolute atomic E-state index is 0.357. The van der Waals surface area contributed by atoms with Crippen LogP contribution in [0.3, 0.4) is 0 Å². The maximum absolute atomic E-state index is 10.9. The average Bonchev–Trinajstić information content (AvgIpc) is 2.70. The second-order valence-corrected chi connectivity index (χ2v) is 5.80. The molecule has 0 atom stereocenters. The minimum atomic E-state index is -0.357. The van der Waals surface area contributed by atoms with Gasteiger partial charge in [0.15, 0.2) is 0 Å². The van der Waals surface area contributed by atoms with Crippen molar-refractivity contribution in [2.75, 3.05) is 13.2 Å². The van der Waals surface area contributed by atoms with Crippen molar-refractivity contribution in [3.8, 4) is 5.75 Å². The Hall–Kier alpha value is -2.88. The van der Waals surface area contributed by atoms with Gasteiger partial charge in [0.1, 0.15) is 5.75 Å². The molecule has 0 aliphatic heterocycles. The van der Waals surface area contributed by atoms with Crippen LogP contribution in [-0.2, 0) is 9.53 Å². The van der Waals surface area contributed by atoms with E-state index < -0.39 is 0 Å². The van der Waals surface area contributed by atoms with Crippen LogP contribution >= 0.6 is 0 Å². The molecule has 136 valence electrons. The number of rotatable bonds is 11. The SMILES string of the molecule is C=CC(=O)OCCCCCCOc1ccc(/N=C/c2ccccc2)cc1. The largest absolute Gasteiger partial charge is 0.494 e. The average molecular weight is 351 g/mol. The zero-order chi connectivity index (χ0) is 18.5. The minimum Gasteiger partial charge on any atom is -0.494 e. The molecule has 0 N–H and O–H groups in total. The Labute approximate surface area is 155 Å². The van der Waals surface area contributed by atoms with Crippen molar-refractivity contribution in [2.45, 2.75) is 25.7 Å². The van der Waals surface area contributed by atoms with Crippen molar-refractivity contribution < 1.29 is 14.3 Å². The van der Waals surface area contributed by atoms with E-state index in [-0.39, 0.29) is 5.97 Å². The molecule has 0 spiro atoms. The van der Waals surface area contributed by atoms with Crippen LogP contribution in [0.1, 0.15) is 31.2 Å². The van der Waals surface area contributed by atoms with E-state index in [1.165, 1.54) is 6.08 Å². The van der Waals surface area contributed by atoms with E-state index in [0.29, 0.717) is 13.2 Å². The quantitative estimate of drug-likeness (QED) is 0.245. The first-order valence-electron chi connectivity index (χ1n) is 8.89. The van der Waals surface area contributed by atoms with Gasteiger partial charge in [-0.25, -0.2) is 4.79 Å². The van der Waals surface area contributed by atoms with Crippen molar-refractivity contribution in [3.63, 3.8) is 0 Å². The molecule has 0 saturated heterocycles. The molecular weight excluding hydrogens is 326 g/mol. The van der Waals surface area contributed by atoms with Crippen molar-refractivity contribution in [1.29, 1.82) is 0 Å². The van der Waals surface area contributed by atoms with E-state index in [4.69, 9.17) is 9.47 Å². The summed E-state index contributed by atoms with van der Waals surface area (Å²) in [4.78, 5) is 15.3. The molecule has 0 fully saturated rings. The van der Waals surface area contributed by atoms with Crippen LogP contribution in [0, 0.1) is 0 Å². The van der Waals surface area contributed by atoms with Gasteiger partial charge in [0.25, 0.3) is 0 Å². The van der Waals surface area contributed by atoms with Crippen LogP contribution in [0.25, 0.3) is 0 Å². The Bertz CT molecular complexity index is 693. The number of nitrogens with zero attached hydrogens (tertiary/aromatic N) is 1. The Morgan fingerprint density at radius 2 is 1.62 bits per heavy atom. The summed E-state index contributed by atoms with van der Waals surface area (Å²) in [5.74, 6) is 0.494. The molecule has 0 bridgehead atoms. The number of esters is 1. The summed E-state index contributed by atoms with van der Waals surface area (Å²) < 4.78 is 10.7. The van der Waals surface area contributed by atoms with E-state index >= 15 is 0 Å². The van der Waals surface area contributed by atoms with Crippen LogP contribution in [0.15, 0.2) is 72.2 Å². The fourth-order valence-corrected chi connectivity index (χ4v) is 2.30. The summed E-state index contributed by atoms with van der Waals surface area (Å²) in [5.41, 5.74) is 1.97. The van der Waals surface area contributed by atoms with Gasteiger partial charge in [-0.2, -0.15) is 0 Å². The number of unbranched alkanes of at least 4 members (excludes halogenated alkanes) is 3. The van der Waals surface area contributed by atoms with E-state index in [0.717, 1.165) is 42.7 Å². The highest BCUT2D eigenvalue weighted by Gasteiger charge is 1.97. The molecule has 26 heavy (non-hydrogen) atoms. The zero-order valence-corrected chi connectivity index (χ0v) is 15.0. The fourth-order valence-electron chi connectivity index (χ4n) is 2.30. The molecule has 0 unspecified atom stereocenters. The summed E-state index contributed by atoms with van der Waals surface area (Å²) >= 11 is 0. The Morgan fingerprint density at radius 3 is 2.31 bits per heavy atom. The first kappa shape index (κ1) is 19.4. The third-order valence-corrected chi connectivity index (χ3v) is 3.72. The molecule has 0 amide bonds. The lowest BCUT2D eigenvalue weighted by Gasteiger charge is -2.06. The summed E-state index contributed by atoms with van der Waals surface area (Å²) in [7, 11) is 0. The molecule has 0 aromatic heterocycles. The molecule has 2 rings (SSSR count). The molecule has 4 nitrogen and oxygen atoms in total. The zero-order valence-electron chi connectivity index (χ0n) is 15.0. The molecule has 2 aromatic carbocycles. The Morgan fingerprint density at radius 1 is 0.923 bits per heavy atom. The van der Waals surface area contributed by atoms with Crippen LogP contribution in [0.4, 0.5) is 5.69 Å². The standard InChI is InChI=1S/C22H25NO3/c1-2-22(24)26-17-9-4-3-8-16-25-21-14-12-20(13-15-21)23-18-19-10-6-5-7-11-19/h2,5-7,10-15,18H,1,3-4,8-9,16-17H2/b23-18+. The van der Waals surface area contributed by atoms with Gasteiger partial charge < -0.3 is 9.47 Å².